The first kappa shape index (κ1) is 18.3. The fourth-order valence-corrected chi connectivity index (χ4v) is 2.84. The van der Waals surface area contributed by atoms with Gasteiger partial charge in [0.05, 0.1) is 18.8 Å². The average molecular weight is 338 g/mol. The Hall–Kier alpha value is -1.03. The molecule has 2 N–H and O–H groups in total. The van der Waals surface area contributed by atoms with E-state index in [9.17, 15) is 5.11 Å². The molecule has 2 rings (SSSR count). The van der Waals surface area contributed by atoms with E-state index in [1.54, 1.807) is 0 Å². The molecule has 128 valence electrons. The van der Waals surface area contributed by atoms with Gasteiger partial charge in [-0.15, -0.1) is 0 Å². The molecule has 0 spiro atoms. The molecule has 1 aromatic carbocycles. The minimum Gasteiger partial charge on any atom is -0.391 e. The van der Waals surface area contributed by atoms with Crippen molar-refractivity contribution in [2.75, 3.05) is 6.54 Å². The average Bonchev–Trinajstić information content (AvgIpc) is 2.52. The minimum atomic E-state index is -0.277. The van der Waals surface area contributed by atoms with Crippen LogP contribution in [0, 0.1) is 5.92 Å². The van der Waals surface area contributed by atoms with Gasteiger partial charge in [0, 0.05) is 17.3 Å². The molecular formula is C19H28ClNO2. The highest BCUT2D eigenvalue weighted by molar-refractivity contribution is 6.30. The Morgan fingerprint density at radius 3 is 2.74 bits per heavy atom. The summed E-state index contributed by atoms with van der Waals surface area (Å²) in [5.74, 6) is 0.736. The lowest BCUT2D eigenvalue weighted by Crippen LogP contribution is -2.32. The van der Waals surface area contributed by atoms with Crippen LogP contribution in [0.5, 0.6) is 0 Å². The number of aliphatic hydroxyl groups excluding tert-OH is 1. The van der Waals surface area contributed by atoms with Gasteiger partial charge < -0.3 is 15.2 Å². The number of allylic oxidation sites excluding steroid dienone is 1. The maximum absolute atomic E-state index is 9.52. The van der Waals surface area contributed by atoms with E-state index in [0.29, 0.717) is 19.3 Å². The Kier molecular flexibility index (Phi) is 7.41. The first-order valence-electron chi connectivity index (χ1n) is 8.52. The van der Waals surface area contributed by atoms with E-state index in [1.807, 2.05) is 31.2 Å². The predicted molar refractivity (Wildman–Crippen MR) is 95.4 cm³/mol. The summed E-state index contributed by atoms with van der Waals surface area (Å²) in [6.45, 7) is 7.28. The molecule has 0 heterocycles. The smallest absolute Gasteiger partial charge is 0.0720 e. The molecule has 0 saturated heterocycles. The van der Waals surface area contributed by atoms with Crippen molar-refractivity contribution >= 4 is 11.6 Å². The van der Waals surface area contributed by atoms with Crippen molar-refractivity contribution in [1.29, 1.82) is 0 Å². The molecule has 1 atom stereocenters. The number of benzene rings is 1. The molecule has 0 bridgehead atoms. The fourth-order valence-electron chi connectivity index (χ4n) is 2.71. The van der Waals surface area contributed by atoms with E-state index in [2.05, 4.69) is 11.9 Å². The van der Waals surface area contributed by atoms with Gasteiger partial charge in [-0.3, -0.25) is 0 Å². The number of ether oxygens (including phenoxy) is 1. The Balaban J connectivity index is 1.53. The second-order valence-corrected chi connectivity index (χ2v) is 6.92. The first-order chi connectivity index (χ1) is 11.1. The van der Waals surface area contributed by atoms with Crippen molar-refractivity contribution < 1.29 is 9.84 Å². The molecular weight excluding hydrogens is 310 g/mol. The lowest BCUT2D eigenvalue weighted by Gasteiger charge is -2.35. The first-order valence-corrected chi connectivity index (χ1v) is 8.90. The number of aliphatic hydroxyl groups is 1. The zero-order chi connectivity index (χ0) is 16.7. The second kappa shape index (κ2) is 9.31. The molecule has 4 heteroatoms. The number of hydrogen-bond acceptors (Lipinski definition) is 3. The van der Waals surface area contributed by atoms with Gasteiger partial charge in [0.2, 0.25) is 0 Å². The van der Waals surface area contributed by atoms with E-state index in [1.165, 1.54) is 5.56 Å². The van der Waals surface area contributed by atoms with Crippen LogP contribution in [0.4, 0.5) is 0 Å². The van der Waals surface area contributed by atoms with Gasteiger partial charge in [-0.25, -0.2) is 0 Å². The quantitative estimate of drug-likeness (QED) is 0.669. The Bertz CT molecular complexity index is 483. The van der Waals surface area contributed by atoms with Gasteiger partial charge in [0.1, 0.15) is 0 Å². The normalized spacial score (nSPS) is 21.5. The largest absolute Gasteiger partial charge is 0.391 e. The van der Waals surface area contributed by atoms with Crippen LogP contribution in [0.2, 0.25) is 5.02 Å². The highest BCUT2D eigenvalue weighted by atomic mass is 35.5. The zero-order valence-corrected chi connectivity index (χ0v) is 14.7. The molecule has 3 nitrogen and oxygen atoms in total. The number of hydrogen-bond donors (Lipinski definition) is 2. The summed E-state index contributed by atoms with van der Waals surface area (Å²) < 4.78 is 5.92. The standard InChI is InChI=1S/C19H28ClNO2/c1-3-18(22)12-21-14(2)4-5-16-10-19(11-16)23-13-15-6-8-17(20)9-7-15/h6-9,16,18-19,21-22H,2-5,10-13H2,1H3/t16?,18-,19?/m1/s1. The lowest BCUT2D eigenvalue weighted by atomic mass is 9.79. The molecule has 1 saturated carbocycles. The number of rotatable bonds is 10. The van der Waals surface area contributed by atoms with E-state index in [0.717, 1.165) is 48.7 Å². The topological polar surface area (TPSA) is 41.5 Å². The highest BCUT2D eigenvalue weighted by Gasteiger charge is 2.29. The summed E-state index contributed by atoms with van der Waals surface area (Å²) in [7, 11) is 0. The maximum atomic E-state index is 9.52. The van der Waals surface area contributed by atoms with Crippen molar-refractivity contribution in [3.8, 4) is 0 Å². The van der Waals surface area contributed by atoms with E-state index in [4.69, 9.17) is 16.3 Å². The maximum Gasteiger partial charge on any atom is 0.0720 e. The Labute approximate surface area is 144 Å². The fraction of sp³-hybridized carbons (Fsp3) is 0.579. The van der Waals surface area contributed by atoms with Crippen LogP contribution >= 0.6 is 11.6 Å². The van der Waals surface area contributed by atoms with Crippen LogP contribution in [0.3, 0.4) is 0 Å². The predicted octanol–water partition coefficient (Wildman–Crippen LogP) is 4.29. The summed E-state index contributed by atoms with van der Waals surface area (Å²) >= 11 is 5.87. The van der Waals surface area contributed by atoms with Crippen LogP contribution in [0.1, 0.15) is 44.6 Å². The van der Waals surface area contributed by atoms with E-state index in [-0.39, 0.29) is 6.10 Å². The monoisotopic (exact) mass is 337 g/mol. The van der Waals surface area contributed by atoms with Gasteiger partial charge >= 0.3 is 0 Å². The third-order valence-corrected chi connectivity index (χ3v) is 4.76. The molecule has 0 aliphatic heterocycles. The molecule has 0 radical (unpaired) electrons. The number of nitrogens with one attached hydrogen (secondary N) is 1. The van der Waals surface area contributed by atoms with Gasteiger partial charge in [-0.2, -0.15) is 0 Å². The highest BCUT2D eigenvalue weighted by Crippen LogP contribution is 2.34. The molecule has 23 heavy (non-hydrogen) atoms. The minimum absolute atomic E-state index is 0.277. The third-order valence-electron chi connectivity index (χ3n) is 4.50. The third kappa shape index (κ3) is 6.54. The van der Waals surface area contributed by atoms with Gasteiger partial charge in [-0.05, 0) is 55.7 Å². The van der Waals surface area contributed by atoms with Crippen LogP contribution in [0.25, 0.3) is 0 Å². The van der Waals surface area contributed by atoms with Crippen molar-refractivity contribution in [2.45, 2.75) is 57.8 Å². The molecule has 0 aromatic heterocycles. The summed E-state index contributed by atoms with van der Waals surface area (Å²) in [6.07, 6.45) is 5.28. The summed E-state index contributed by atoms with van der Waals surface area (Å²) in [6, 6.07) is 7.83. The van der Waals surface area contributed by atoms with Crippen LogP contribution in [0.15, 0.2) is 36.5 Å². The summed E-state index contributed by atoms with van der Waals surface area (Å²) in [5, 5.41) is 13.5. The van der Waals surface area contributed by atoms with Crippen LogP contribution in [-0.4, -0.2) is 23.9 Å². The molecule has 0 unspecified atom stereocenters. The van der Waals surface area contributed by atoms with Crippen molar-refractivity contribution in [3.05, 3.63) is 47.1 Å². The summed E-state index contributed by atoms with van der Waals surface area (Å²) in [5.41, 5.74) is 2.20. The van der Waals surface area contributed by atoms with Gasteiger partial charge in [0.15, 0.2) is 0 Å². The SMILES string of the molecule is C=C(CCC1CC(OCc2ccc(Cl)cc2)C1)NC[C@H](O)CC. The Morgan fingerprint density at radius 2 is 2.09 bits per heavy atom. The van der Waals surface area contributed by atoms with Gasteiger partial charge in [-0.1, -0.05) is 37.2 Å². The lowest BCUT2D eigenvalue weighted by molar-refractivity contribution is -0.0420. The Morgan fingerprint density at radius 1 is 1.39 bits per heavy atom. The molecule has 1 fully saturated rings. The second-order valence-electron chi connectivity index (χ2n) is 6.48. The van der Waals surface area contributed by atoms with Crippen molar-refractivity contribution in [2.24, 2.45) is 5.92 Å². The van der Waals surface area contributed by atoms with Crippen molar-refractivity contribution in [1.82, 2.24) is 5.32 Å². The van der Waals surface area contributed by atoms with Gasteiger partial charge in [0.25, 0.3) is 0 Å². The summed E-state index contributed by atoms with van der Waals surface area (Å²) in [4.78, 5) is 0. The molecule has 1 aliphatic rings. The van der Waals surface area contributed by atoms with Crippen LogP contribution < -0.4 is 5.32 Å². The van der Waals surface area contributed by atoms with Crippen molar-refractivity contribution in [3.63, 3.8) is 0 Å². The molecule has 1 aromatic rings. The van der Waals surface area contributed by atoms with Crippen LogP contribution in [-0.2, 0) is 11.3 Å². The number of halogens is 1. The molecule has 1 aliphatic carbocycles. The van der Waals surface area contributed by atoms with E-state index >= 15 is 0 Å². The van der Waals surface area contributed by atoms with E-state index < -0.39 is 0 Å². The zero-order valence-electron chi connectivity index (χ0n) is 13.9. The molecule has 0 amide bonds.